The molecule has 4 nitrogen and oxygen atoms in total. The number of ether oxygens (including phenoxy) is 1. The number of carbonyl (C=O) groups is 1. The average molecular weight is 314 g/mol. The van der Waals surface area contributed by atoms with Crippen LogP contribution >= 0.6 is 23.1 Å². The SMILES string of the molecule is CCOC(=O)CCc1csc(NCC2CCSCC2)n1. The number of aromatic nitrogens is 1. The number of anilines is 1. The summed E-state index contributed by atoms with van der Waals surface area (Å²) in [7, 11) is 0. The minimum absolute atomic E-state index is 0.144. The van der Waals surface area contributed by atoms with Crippen molar-refractivity contribution in [2.75, 3.05) is 30.0 Å². The molecule has 20 heavy (non-hydrogen) atoms. The normalized spacial score (nSPS) is 16.1. The zero-order chi connectivity index (χ0) is 14.2. The lowest BCUT2D eigenvalue weighted by atomic mass is 10.0. The van der Waals surface area contributed by atoms with Gasteiger partial charge in [0.1, 0.15) is 0 Å². The Bertz CT molecular complexity index is 417. The van der Waals surface area contributed by atoms with Gasteiger partial charge in [0.15, 0.2) is 5.13 Å². The van der Waals surface area contributed by atoms with Gasteiger partial charge in [0, 0.05) is 18.3 Å². The third kappa shape index (κ3) is 5.32. The maximum absolute atomic E-state index is 11.3. The second kappa shape index (κ2) is 8.52. The summed E-state index contributed by atoms with van der Waals surface area (Å²) in [5.41, 5.74) is 0.977. The molecular formula is C14H22N2O2S2. The fourth-order valence-corrected chi connectivity index (χ4v) is 4.11. The summed E-state index contributed by atoms with van der Waals surface area (Å²) >= 11 is 3.68. The van der Waals surface area contributed by atoms with Gasteiger partial charge in [-0.1, -0.05) is 0 Å². The molecule has 112 valence electrons. The van der Waals surface area contributed by atoms with Crippen molar-refractivity contribution >= 4 is 34.2 Å². The van der Waals surface area contributed by atoms with Crippen LogP contribution < -0.4 is 5.32 Å². The van der Waals surface area contributed by atoms with E-state index >= 15 is 0 Å². The molecule has 1 aliphatic heterocycles. The lowest BCUT2D eigenvalue weighted by Crippen LogP contribution is -2.19. The van der Waals surface area contributed by atoms with Crippen LogP contribution in [-0.2, 0) is 16.0 Å². The van der Waals surface area contributed by atoms with Crippen LogP contribution in [0, 0.1) is 5.92 Å². The van der Waals surface area contributed by atoms with E-state index in [2.05, 4.69) is 22.1 Å². The minimum Gasteiger partial charge on any atom is -0.466 e. The number of aryl methyl sites for hydroxylation is 1. The van der Waals surface area contributed by atoms with Gasteiger partial charge in [0.05, 0.1) is 18.7 Å². The van der Waals surface area contributed by atoms with E-state index in [0.29, 0.717) is 19.4 Å². The molecule has 1 aliphatic rings. The van der Waals surface area contributed by atoms with Crippen LogP contribution in [0.3, 0.4) is 0 Å². The molecule has 1 aromatic heterocycles. The van der Waals surface area contributed by atoms with Crippen LogP contribution in [0.2, 0.25) is 0 Å². The molecule has 0 aromatic carbocycles. The smallest absolute Gasteiger partial charge is 0.306 e. The highest BCUT2D eigenvalue weighted by Crippen LogP contribution is 2.24. The van der Waals surface area contributed by atoms with Crippen molar-refractivity contribution in [2.45, 2.75) is 32.6 Å². The Balaban J connectivity index is 1.70. The summed E-state index contributed by atoms with van der Waals surface area (Å²) < 4.78 is 4.92. The van der Waals surface area contributed by atoms with E-state index in [9.17, 15) is 4.79 Å². The van der Waals surface area contributed by atoms with E-state index in [0.717, 1.165) is 23.3 Å². The monoisotopic (exact) mass is 314 g/mol. The van der Waals surface area contributed by atoms with Crippen molar-refractivity contribution < 1.29 is 9.53 Å². The number of rotatable bonds is 7. The van der Waals surface area contributed by atoms with Gasteiger partial charge in [-0.15, -0.1) is 11.3 Å². The van der Waals surface area contributed by atoms with Crippen LogP contribution in [0.1, 0.15) is 31.9 Å². The fourth-order valence-electron chi connectivity index (χ4n) is 2.15. The molecule has 0 bridgehead atoms. The third-order valence-corrected chi connectivity index (χ3v) is 5.22. The van der Waals surface area contributed by atoms with Crippen molar-refractivity contribution in [3.8, 4) is 0 Å². The van der Waals surface area contributed by atoms with E-state index in [4.69, 9.17) is 4.74 Å². The number of thioether (sulfide) groups is 1. The number of hydrogen-bond donors (Lipinski definition) is 1. The first-order chi connectivity index (χ1) is 9.78. The zero-order valence-electron chi connectivity index (χ0n) is 11.9. The molecule has 0 amide bonds. The fraction of sp³-hybridized carbons (Fsp3) is 0.714. The van der Waals surface area contributed by atoms with Crippen molar-refractivity contribution in [1.29, 1.82) is 0 Å². The van der Waals surface area contributed by atoms with Crippen molar-refractivity contribution in [3.05, 3.63) is 11.1 Å². The van der Waals surface area contributed by atoms with E-state index < -0.39 is 0 Å². The first-order valence-corrected chi connectivity index (χ1v) is 9.23. The second-order valence-electron chi connectivity index (χ2n) is 4.89. The average Bonchev–Trinajstić information content (AvgIpc) is 2.92. The summed E-state index contributed by atoms with van der Waals surface area (Å²) in [4.78, 5) is 15.8. The molecule has 1 N–H and O–H groups in total. The highest BCUT2D eigenvalue weighted by Gasteiger charge is 2.14. The minimum atomic E-state index is -0.144. The molecule has 2 rings (SSSR count). The Morgan fingerprint density at radius 3 is 3.05 bits per heavy atom. The van der Waals surface area contributed by atoms with Crippen LogP contribution in [0.25, 0.3) is 0 Å². The summed E-state index contributed by atoms with van der Waals surface area (Å²) in [6.45, 7) is 3.29. The Labute approximate surface area is 128 Å². The molecule has 0 saturated carbocycles. The number of esters is 1. The predicted molar refractivity (Wildman–Crippen MR) is 85.6 cm³/mol. The number of thiazole rings is 1. The molecule has 0 spiro atoms. The molecule has 0 aliphatic carbocycles. The van der Waals surface area contributed by atoms with Crippen LogP contribution in [-0.4, -0.2) is 35.6 Å². The second-order valence-corrected chi connectivity index (χ2v) is 6.97. The Morgan fingerprint density at radius 1 is 1.50 bits per heavy atom. The summed E-state index contributed by atoms with van der Waals surface area (Å²) in [6, 6.07) is 0. The standard InChI is InChI=1S/C14H22N2O2S2/c1-2-18-13(17)4-3-12-10-20-14(16-12)15-9-11-5-7-19-8-6-11/h10-11H,2-9H2,1H3,(H,15,16). The van der Waals surface area contributed by atoms with Gasteiger partial charge < -0.3 is 10.1 Å². The Hall–Kier alpha value is -0.750. The van der Waals surface area contributed by atoms with Crippen LogP contribution in [0.5, 0.6) is 0 Å². The van der Waals surface area contributed by atoms with Gasteiger partial charge in [-0.3, -0.25) is 4.79 Å². The lowest BCUT2D eigenvalue weighted by Gasteiger charge is -2.21. The molecular weight excluding hydrogens is 292 g/mol. The van der Waals surface area contributed by atoms with E-state index in [-0.39, 0.29) is 5.97 Å². The topological polar surface area (TPSA) is 51.2 Å². The van der Waals surface area contributed by atoms with Gasteiger partial charge in [0.2, 0.25) is 0 Å². The van der Waals surface area contributed by atoms with Gasteiger partial charge in [-0.2, -0.15) is 11.8 Å². The first-order valence-electron chi connectivity index (χ1n) is 7.19. The van der Waals surface area contributed by atoms with Gasteiger partial charge >= 0.3 is 5.97 Å². The van der Waals surface area contributed by atoms with Crippen molar-refractivity contribution in [1.82, 2.24) is 4.98 Å². The summed E-state index contributed by atoms with van der Waals surface area (Å²) in [6.07, 6.45) is 3.69. The number of nitrogens with one attached hydrogen (secondary N) is 1. The molecule has 1 saturated heterocycles. The van der Waals surface area contributed by atoms with Gasteiger partial charge in [-0.25, -0.2) is 4.98 Å². The molecule has 2 heterocycles. The molecule has 1 aromatic rings. The van der Waals surface area contributed by atoms with Gasteiger partial charge in [0.25, 0.3) is 0 Å². The summed E-state index contributed by atoms with van der Waals surface area (Å²) in [5.74, 6) is 3.21. The lowest BCUT2D eigenvalue weighted by molar-refractivity contribution is -0.143. The van der Waals surface area contributed by atoms with Crippen molar-refractivity contribution in [2.24, 2.45) is 5.92 Å². The van der Waals surface area contributed by atoms with Crippen molar-refractivity contribution in [3.63, 3.8) is 0 Å². The quantitative estimate of drug-likeness (QED) is 0.783. The molecule has 0 atom stereocenters. The summed E-state index contributed by atoms with van der Waals surface area (Å²) in [5, 5.41) is 6.43. The number of carbonyl (C=O) groups excluding carboxylic acids is 1. The van der Waals surface area contributed by atoms with E-state index in [1.807, 2.05) is 12.3 Å². The first kappa shape index (κ1) is 15.6. The number of nitrogens with zero attached hydrogens (tertiary/aromatic N) is 1. The maximum atomic E-state index is 11.3. The highest BCUT2D eigenvalue weighted by molar-refractivity contribution is 7.99. The predicted octanol–water partition coefficient (Wildman–Crippen LogP) is 3.19. The molecule has 6 heteroatoms. The largest absolute Gasteiger partial charge is 0.466 e. The Kier molecular flexibility index (Phi) is 6.66. The molecule has 0 radical (unpaired) electrons. The molecule has 1 fully saturated rings. The highest BCUT2D eigenvalue weighted by atomic mass is 32.2. The van der Waals surface area contributed by atoms with Crippen LogP contribution in [0.4, 0.5) is 5.13 Å². The zero-order valence-corrected chi connectivity index (χ0v) is 13.5. The third-order valence-electron chi connectivity index (χ3n) is 3.33. The van der Waals surface area contributed by atoms with E-state index in [1.54, 1.807) is 11.3 Å². The Morgan fingerprint density at radius 2 is 2.30 bits per heavy atom. The van der Waals surface area contributed by atoms with E-state index in [1.165, 1.54) is 24.3 Å². The van der Waals surface area contributed by atoms with Crippen LogP contribution in [0.15, 0.2) is 5.38 Å². The maximum Gasteiger partial charge on any atom is 0.306 e. The molecule has 0 unspecified atom stereocenters. The van der Waals surface area contributed by atoms with Gasteiger partial charge in [-0.05, 0) is 37.2 Å². The number of hydrogen-bond acceptors (Lipinski definition) is 6.